The van der Waals surface area contributed by atoms with E-state index < -0.39 is 0 Å². The van der Waals surface area contributed by atoms with E-state index in [1.165, 1.54) is 0 Å². The lowest BCUT2D eigenvalue weighted by atomic mass is 9.97. The topological polar surface area (TPSA) is 43.1 Å². The molecule has 3 heterocycles. The van der Waals surface area contributed by atoms with Gasteiger partial charge in [-0.3, -0.25) is 0 Å². The molecule has 0 saturated heterocycles. The summed E-state index contributed by atoms with van der Waals surface area (Å²) in [4.78, 5) is 10.1. The molecule has 4 heteroatoms. The SMILES string of the molecule is Cc1nn2c(-c3ccccc3)cc3ccc(-c4cc(-c5ccccc5)nc(-c5ccccc5)n4)cc3c2c1-c1ccccc1. The van der Waals surface area contributed by atoms with Gasteiger partial charge in [-0.1, -0.05) is 133 Å². The van der Waals surface area contributed by atoms with Crippen molar-refractivity contribution in [2.24, 2.45) is 0 Å². The van der Waals surface area contributed by atoms with Crippen LogP contribution in [0.4, 0.5) is 0 Å². The minimum atomic E-state index is 0.705. The molecule has 4 nitrogen and oxygen atoms in total. The van der Waals surface area contributed by atoms with Crippen molar-refractivity contribution in [3.05, 3.63) is 157 Å². The van der Waals surface area contributed by atoms with Gasteiger partial charge in [0, 0.05) is 33.2 Å². The molecule has 5 aromatic carbocycles. The first-order valence-corrected chi connectivity index (χ1v) is 14.8. The summed E-state index contributed by atoms with van der Waals surface area (Å²) < 4.78 is 2.11. The molecule has 0 bridgehead atoms. The van der Waals surface area contributed by atoms with Gasteiger partial charge < -0.3 is 0 Å². The zero-order valence-electron chi connectivity index (χ0n) is 24.2. The Morgan fingerprint density at radius 3 is 1.66 bits per heavy atom. The van der Waals surface area contributed by atoms with Crippen LogP contribution in [0.2, 0.25) is 0 Å². The first-order valence-electron chi connectivity index (χ1n) is 14.8. The molecular weight excluding hydrogens is 536 g/mol. The monoisotopic (exact) mass is 564 g/mol. The summed E-state index contributed by atoms with van der Waals surface area (Å²) in [5.74, 6) is 0.705. The summed E-state index contributed by atoms with van der Waals surface area (Å²) in [5.41, 5.74) is 11.4. The van der Waals surface area contributed by atoms with Gasteiger partial charge >= 0.3 is 0 Å². The van der Waals surface area contributed by atoms with Crippen molar-refractivity contribution in [1.29, 1.82) is 0 Å². The maximum Gasteiger partial charge on any atom is 0.160 e. The molecule has 0 radical (unpaired) electrons. The fraction of sp³-hybridized carbons (Fsp3) is 0.0250. The Labute approximate surface area is 256 Å². The van der Waals surface area contributed by atoms with Crippen LogP contribution in [0.1, 0.15) is 5.69 Å². The Bertz CT molecular complexity index is 2200. The van der Waals surface area contributed by atoms with Gasteiger partial charge in [0.1, 0.15) is 0 Å². The highest BCUT2D eigenvalue weighted by Gasteiger charge is 2.19. The van der Waals surface area contributed by atoms with Gasteiger partial charge in [0.05, 0.1) is 28.3 Å². The molecule has 0 aliphatic carbocycles. The quantitative estimate of drug-likeness (QED) is 0.209. The van der Waals surface area contributed by atoms with Crippen LogP contribution in [-0.2, 0) is 0 Å². The first-order chi connectivity index (χ1) is 21.7. The number of hydrogen-bond acceptors (Lipinski definition) is 3. The predicted octanol–water partition coefficient (Wildman–Crippen LogP) is 9.92. The number of rotatable bonds is 5. The molecule has 3 aromatic heterocycles. The number of aromatic nitrogens is 4. The lowest BCUT2D eigenvalue weighted by Gasteiger charge is -2.13. The van der Waals surface area contributed by atoms with Gasteiger partial charge in [-0.05, 0) is 36.1 Å². The van der Waals surface area contributed by atoms with Crippen LogP contribution in [0.25, 0.3) is 72.6 Å². The molecular formula is C40H28N4. The van der Waals surface area contributed by atoms with E-state index in [4.69, 9.17) is 15.1 Å². The first kappa shape index (κ1) is 25.8. The van der Waals surface area contributed by atoms with Crippen LogP contribution in [0.5, 0.6) is 0 Å². The Kier molecular flexibility index (Phi) is 6.31. The van der Waals surface area contributed by atoms with E-state index in [0.29, 0.717) is 5.82 Å². The molecule has 0 fully saturated rings. The molecule has 0 unspecified atom stereocenters. The number of fused-ring (bicyclic) bond motifs is 3. The number of pyridine rings is 1. The summed E-state index contributed by atoms with van der Waals surface area (Å²) in [7, 11) is 0. The molecule has 208 valence electrons. The van der Waals surface area contributed by atoms with Crippen molar-refractivity contribution in [3.63, 3.8) is 0 Å². The van der Waals surface area contributed by atoms with Crippen molar-refractivity contribution in [2.45, 2.75) is 6.92 Å². The van der Waals surface area contributed by atoms with Crippen LogP contribution in [0, 0.1) is 6.92 Å². The Hall–Kier alpha value is -5.87. The van der Waals surface area contributed by atoms with E-state index in [-0.39, 0.29) is 0 Å². The normalized spacial score (nSPS) is 11.3. The lowest BCUT2D eigenvalue weighted by molar-refractivity contribution is 0.946. The van der Waals surface area contributed by atoms with Gasteiger partial charge in [0.25, 0.3) is 0 Å². The Balaban J connectivity index is 1.41. The second-order valence-corrected chi connectivity index (χ2v) is 11.0. The summed E-state index contributed by atoms with van der Waals surface area (Å²) in [6.45, 7) is 2.10. The zero-order valence-corrected chi connectivity index (χ0v) is 24.2. The minimum absolute atomic E-state index is 0.705. The van der Waals surface area contributed by atoms with Crippen molar-refractivity contribution in [1.82, 2.24) is 19.6 Å². The molecule has 0 spiro atoms. The lowest BCUT2D eigenvalue weighted by Crippen LogP contribution is -1.97. The highest BCUT2D eigenvalue weighted by Crippen LogP contribution is 2.38. The molecule has 0 amide bonds. The van der Waals surface area contributed by atoms with Crippen LogP contribution in [0.3, 0.4) is 0 Å². The summed E-state index contributed by atoms with van der Waals surface area (Å²) in [6.07, 6.45) is 0. The molecule has 44 heavy (non-hydrogen) atoms. The fourth-order valence-corrected chi connectivity index (χ4v) is 6.04. The van der Waals surface area contributed by atoms with E-state index in [9.17, 15) is 0 Å². The molecule has 8 rings (SSSR count). The molecule has 0 saturated carbocycles. The van der Waals surface area contributed by atoms with Gasteiger partial charge in [-0.25, -0.2) is 14.5 Å². The third-order valence-corrected chi connectivity index (χ3v) is 8.14. The molecule has 8 aromatic rings. The Morgan fingerprint density at radius 1 is 0.477 bits per heavy atom. The fourth-order valence-electron chi connectivity index (χ4n) is 6.04. The average molecular weight is 565 g/mol. The number of benzene rings is 5. The summed E-state index contributed by atoms with van der Waals surface area (Å²) >= 11 is 0. The highest BCUT2D eigenvalue weighted by molar-refractivity contribution is 6.07. The van der Waals surface area contributed by atoms with Crippen molar-refractivity contribution in [2.75, 3.05) is 0 Å². The van der Waals surface area contributed by atoms with Gasteiger partial charge in [-0.2, -0.15) is 5.10 Å². The maximum atomic E-state index is 5.12. The van der Waals surface area contributed by atoms with Gasteiger partial charge in [-0.15, -0.1) is 0 Å². The largest absolute Gasteiger partial charge is 0.232 e. The second kappa shape index (κ2) is 10.8. The van der Waals surface area contributed by atoms with E-state index in [2.05, 4.69) is 121 Å². The maximum absolute atomic E-state index is 5.12. The Morgan fingerprint density at radius 2 is 1.02 bits per heavy atom. The summed E-state index contributed by atoms with van der Waals surface area (Å²) in [5, 5.41) is 7.40. The molecule has 0 aliphatic rings. The summed E-state index contributed by atoms with van der Waals surface area (Å²) in [6, 6.07) is 52.5. The number of aryl methyl sites for hydroxylation is 1. The van der Waals surface area contributed by atoms with Crippen LogP contribution in [0.15, 0.2) is 152 Å². The van der Waals surface area contributed by atoms with Crippen LogP contribution >= 0.6 is 0 Å². The smallest absolute Gasteiger partial charge is 0.160 e. The molecule has 0 aliphatic heterocycles. The number of hydrogen-bond donors (Lipinski definition) is 0. The van der Waals surface area contributed by atoms with E-state index in [1.54, 1.807) is 0 Å². The van der Waals surface area contributed by atoms with Crippen molar-refractivity contribution >= 4 is 16.3 Å². The van der Waals surface area contributed by atoms with Crippen LogP contribution < -0.4 is 0 Å². The van der Waals surface area contributed by atoms with E-state index in [1.807, 2.05) is 42.5 Å². The molecule has 0 N–H and O–H groups in total. The van der Waals surface area contributed by atoms with Gasteiger partial charge in [0.2, 0.25) is 0 Å². The van der Waals surface area contributed by atoms with Gasteiger partial charge in [0.15, 0.2) is 5.82 Å². The second-order valence-electron chi connectivity index (χ2n) is 11.0. The predicted molar refractivity (Wildman–Crippen MR) is 180 cm³/mol. The number of nitrogens with zero attached hydrogens (tertiary/aromatic N) is 4. The average Bonchev–Trinajstić information content (AvgIpc) is 3.46. The standard InChI is InChI=1S/C40H28N4/c1-27-38(30-18-10-4-11-19-30)39-34-24-33(23-22-32(34)25-37(44(39)43-27)29-16-8-3-9-17-29)36-26-35(28-14-6-2-7-15-28)41-40(42-36)31-20-12-5-13-21-31/h2-26H,1H3. The highest BCUT2D eigenvalue weighted by atomic mass is 15.2. The zero-order chi connectivity index (χ0) is 29.5. The third kappa shape index (κ3) is 4.54. The third-order valence-electron chi connectivity index (χ3n) is 8.14. The van der Waals surface area contributed by atoms with E-state index >= 15 is 0 Å². The van der Waals surface area contributed by atoms with Crippen LogP contribution in [-0.4, -0.2) is 19.6 Å². The molecule has 0 atom stereocenters. The minimum Gasteiger partial charge on any atom is -0.232 e. The van der Waals surface area contributed by atoms with E-state index in [0.717, 1.165) is 72.4 Å². The van der Waals surface area contributed by atoms with Crippen molar-refractivity contribution < 1.29 is 0 Å². The van der Waals surface area contributed by atoms with Crippen molar-refractivity contribution in [3.8, 4) is 56.3 Å².